The summed E-state index contributed by atoms with van der Waals surface area (Å²) < 4.78 is 27.8. The minimum absolute atomic E-state index is 0.204. The molecule has 0 amide bonds. The SMILES string of the molecule is CCc1c(Sc2cc(C)cc(C)c2)[nH]c(=O)n(Cc2cc(F)cc(F)c2)c1=O. The lowest BCUT2D eigenvalue weighted by molar-refractivity contribution is 0.574. The van der Waals surface area contributed by atoms with Crippen LogP contribution in [0, 0.1) is 25.5 Å². The topological polar surface area (TPSA) is 54.9 Å². The average molecular weight is 402 g/mol. The summed E-state index contributed by atoms with van der Waals surface area (Å²) in [5.41, 5.74) is 1.78. The molecule has 4 nitrogen and oxygen atoms in total. The number of benzene rings is 2. The number of aryl methyl sites for hydroxylation is 2. The Morgan fingerprint density at radius 1 is 0.964 bits per heavy atom. The molecule has 0 aliphatic heterocycles. The second-order valence-corrected chi connectivity index (χ2v) is 7.77. The van der Waals surface area contributed by atoms with Crippen LogP contribution in [0.3, 0.4) is 0 Å². The fourth-order valence-electron chi connectivity index (χ4n) is 3.13. The van der Waals surface area contributed by atoms with E-state index >= 15 is 0 Å². The van der Waals surface area contributed by atoms with Crippen LogP contribution in [-0.4, -0.2) is 9.55 Å². The molecule has 0 atom stereocenters. The molecule has 0 aliphatic carbocycles. The number of aromatic nitrogens is 2. The summed E-state index contributed by atoms with van der Waals surface area (Å²) >= 11 is 1.33. The Labute approximate surface area is 165 Å². The zero-order valence-electron chi connectivity index (χ0n) is 15.8. The van der Waals surface area contributed by atoms with Gasteiger partial charge in [0.2, 0.25) is 0 Å². The van der Waals surface area contributed by atoms with Crippen molar-refractivity contribution in [3.8, 4) is 0 Å². The van der Waals surface area contributed by atoms with Gasteiger partial charge in [0.05, 0.1) is 11.6 Å². The summed E-state index contributed by atoms with van der Waals surface area (Å²) in [6, 6.07) is 8.98. The molecule has 0 radical (unpaired) electrons. The number of H-pyrrole nitrogens is 1. The van der Waals surface area contributed by atoms with Gasteiger partial charge in [-0.3, -0.25) is 9.36 Å². The highest BCUT2D eigenvalue weighted by Crippen LogP contribution is 2.28. The molecule has 3 aromatic rings. The maximum absolute atomic E-state index is 13.4. The van der Waals surface area contributed by atoms with Gasteiger partial charge in [0.15, 0.2) is 0 Å². The van der Waals surface area contributed by atoms with E-state index in [0.29, 0.717) is 17.0 Å². The van der Waals surface area contributed by atoms with Gasteiger partial charge in [0.25, 0.3) is 5.56 Å². The molecular formula is C21H20F2N2O2S. The number of aromatic amines is 1. The third kappa shape index (κ3) is 4.42. The highest BCUT2D eigenvalue weighted by molar-refractivity contribution is 7.99. The van der Waals surface area contributed by atoms with Crippen molar-refractivity contribution in [3.05, 3.63) is 91.1 Å². The lowest BCUT2D eigenvalue weighted by atomic mass is 10.2. The smallest absolute Gasteiger partial charge is 0.301 e. The molecule has 28 heavy (non-hydrogen) atoms. The summed E-state index contributed by atoms with van der Waals surface area (Å²) in [6.45, 7) is 5.59. The second-order valence-electron chi connectivity index (χ2n) is 6.69. The van der Waals surface area contributed by atoms with E-state index in [1.165, 1.54) is 11.8 Å². The highest BCUT2D eigenvalue weighted by Gasteiger charge is 2.15. The third-order valence-corrected chi connectivity index (χ3v) is 5.30. The molecule has 2 aromatic carbocycles. The van der Waals surface area contributed by atoms with Gasteiger partial charge in [-0.05, 0) is 61.2 Å². The Balaban J connectivity index is 2.03. The van der Waals surface area contributed by atoms with Crippen molar-refractivity contribution in [2.75, 3.05) is 0 Å². The number of nitrogens with zero attached hydrogens (tertiary/aromatic N) is 1. The van der Waals surface area contributed by atoms with Gasteiger partial charge >= 0.3 is 5.69 Å². The maximum atomic E-state index is 13.4. The standard InChI is InChI=1S/C21H20F2N2O2S/c1-4-18-19(28-17-6-12(2)5-13(3)7-17)24-21(27)25(20(18)26)11-14-8-15(22)10-16(23)9-14/h5-10H,4,11H2,1-3H3,(H,24,27). The first-order valence-corrected chi connectivity index (χ1v) is 9.65. The van der Waals surface area contributed by atoms with Crippen molar-refractivity contribution in [2.24, 2.45) is 0 Å². The molecular weight excluding hydrogens is 382 g/mol. The lowest BCUT2D eigenvalue weighted by Crippen LogP contribution is -2.38. The fourth-order valence-corrected chi connectivity index (χ4v) is 4.35. The Kier molecular flexibility index (Phi) is 5.84. The molecule has 0 bridgehead atoms. The van der Waals surface area contributed by atoms with E-state index in [0.717, 1.165) is 38.8 Å². The van der Waals surface area contributed by atoms with Gasteiger partial charge in [-0.25, -0.2) is 13.6 Å². The van der Waals surface area contributed by atoms with E-state index in [2.05, 4.69) is 4.98 Å². The Bertz CT molecular complexity index is 1110. The number of hydrogen-bond acceptors (Lipinski definition) is 3. The summed E-state index contributed by atoms with van der Waals surface area (Å²) in [6.07, 6.45) is 0.417. The van der Waals surface area contributed by atoms with E-state index in [1.54, 1.807) is 0 Å². The van der Waals surface area contributed by atoms with Crippen LogP contribution in [0.5, 0.6) is 0 Å². The minimum atomic E-state index is -0.753. The lowest BCUT2D eigenvalue weighted by Gasteiger charge is -2.12. The van der Waals surface area contributed by atoms with E-state index in [9.17, 15) is 18.4 Å². The monoisotopic (exact) mass is 402 g/mol. The van der Waals surface area contributed by atoms with Crippen molar-refractivity contribution >= 4 is 11.8 Å². The summed E-state index contributed by atoms with van der Waals surface area (Å²) in [5, 5.41) is 0.490. The van der Waals surface area contributed by atoms with Crippen LogP contribution < -0.4 is 11.2 Å². The van der Waals surface area contributed by atoms with Crippen LogP contribution in [0.4, 0.5) is 8.78 Å². The molecule has 0 unspecified atom stereocenters. The number of rotatable bonds is 5. The van der Waals surface area contributed by atoms with Gasteiger partial charge in [-0.2, -0.15) is 0 Å². The van der Waals surface area contributed by atoms with Gasteiger partial charge in [-0.15, -0.1) is 0 Å². The predicted molar refractivity (Wildman–Crippen MR) is 106 cm³/mol. The van der Waals surface area contributed by atoms with Crippen molar-refractivity contribution in [1.82, 2.24) is 9.55 Å². The van der Waals surface area contributed by atoms with Crippen LogP contribution in [0.2, 0.25) is 0 Å². The molecule has 1 heterocycles. The predicted octanol–water partition coefficient (Wildman–Crippen LogP) is 4.19. The number of nitrogens with one attached hydrogen (secondary N) is 1. The Morgan fingerprint density at radius 3 is 2.14 bits per heavy atom. The van der Waals surface area contributed by atoms with E-state index in [4.69, 9.17) is 0 Å². The molecule has 0 saturated carbocycles. The molecule has 1 aromatic heterocycles. The van der Waals surface area contributed by atoms with Crippen LogP contribution in [0.1, 0.15) is 29.2 Å². The summed E-state index contributed by atoms with van der Waals surface area (Å²) in [7, 11) is 0. The molecule has 1 N–H and O–H groups in total. The Hall–Kier alpha value is -2.67. The molecule has 0 saturated heterocycles. The zero-order chi connectivity index (χ0) is 20.4. The molecule has 7 heteroatoms. The quantitative estimate of drug-likeness (QED) is 0.651. The summed E-state index contributed by atoms with van der Waals surface area (Å²) in [4.78, 5) is 29.1. The molecule has 0 spiro atoms. The third-order valence-electron chi connectivity index (χ3n) is 4.27. The van der Waals surface area contributed by atoms with E-state index in [-0.39, 0.29) is 12.1 Å². The number of hydrogen-bond donors (Lipinski definition) is 1. The Morgan fingerprint density at radius 2 is 1.57 bits per heavy atom. The maximum Gasteiger partial charge on any atom is 0.329 e. The normalized spacial score (nSPS) is 11.0. The van der Waals surface area contributed by atoms with Crippen LogP contribution in [0.25, 0.3) is 0 Å². The molecule has 146 valence electrons. The van der Waals surface area contributed by atoms with Crippen molar-refractivity contribution in [1.29, 1.82) is 0 Å². The molecule has 3 rings (SSSR count). The van der Waals surface area contributed by atoms with E-state index in [1.807, 2.05) is 39.0 Å². The van der Waals surface area contributed by atoms with Crippen molar-refractivity contribution in [2.45, 2.75) is 43.7 Å². The summed E-state index contributed by atoms with van der Waals surface area (Å²) in [5.74, 6) is -1.51. The van der Waals surface area contributed by atoms with Gasteiger partial charge < -0.3 is 4.98 Å². The fraction of sp³-hybridized carbons (Fsp3) is 0.238. The van der Waals surface area contributed by atoms with Gasteiger partial charge in [-0.1, -0.05) is 24.8 Å². The second kappa shape index (κ2) is 8.14. The first kappa shape index (κ1) is 20.1. The van der Waals surface area contributed by atoms with Crippen LogP contribution in [-0.2, 0) is 13.0 Å². The first-order valence-electron chi connectivity index (χ1n) is 8.84. The minimum Gasteiger partial charge on any atom is -0.301 e. The van der Waals surface area contributed by atoms with E-state index < -0.39 is 22.9 Å². The van der Waals surface area contributed by atoms with Gasteiger partial charge in [0, 0.05) is 16.5 Å². The number of halogens is 2. The van der Waals surface area contributed by atoms with Crippen molar-refractivity contribution < 1.29 is 8.78 Å². The zero-order valence-corrected chi connectivity index (χ0v) is 16.6. The highest BCUT2D eigenvalue weighted by atomic mass is 32.2. The van der Waals surface area contributed by atoms with Crippen LogP contribution in [0.15, 0.2) is 55.9 Å². The average Bonchev–Trinajstić information content (AvgIpc) is 2.57. The largest absolute Gasteiger partial charge is 0.329 e. The van der Waals surface area contributed by atoms with Gasteiger partial charge in [0.1, 0.15) is 11.6 Å². The molecule has 0 aliphatic rings. The first-order chi connectivity index (χ1) is 13.3. The molecule has 0 fully saturated rings. The van der Waals surface area contributed by atoms with Crippen LogP contribution >= 0.6 is 11.8 Å². The van der Waals surface area contributed by atoms with Crippen molar-refractivity contribution in [3.63, 3.8) is 0 Å².